The highest BCUT2D eigenvalue weighted by Crippen LogP contribution is 2.47. The Balaban J connectivity index is 2.02. The van der Waals surface area contributed by atoms with E-state index in [4.69, 9.17) is 0 Å². The van der Waals surface area contributed by atoms with Gasteiger partial charge in [-0.25, -0.2) is 8.42 Å². The summed E-state index contributed by atoms with van der Waals surface area (Å²) in [7, 11) is -3.78. The molecule has 1 aliphatic heterocycles. The standard InChI is InChI=1S/C27H29NO2S/c1-5-22-13-16-26(23-9-7-6-8-10-23)28(27-21(4)17-20(3)18-25(22)27)31(29,30)24-14-11-19(2)12-15-24/h5-12,14-15,17-18,22,26H,1,13,16H2,2-4H3/t22-,26+/m1/s1. The highest BCUT2D eigenvalue weighted by atomic mass is 32.2. The Labute approximate surface area is 186 Å². The van der Waals surface area contributed by atoms with Gasteiger partial charge < -0.3 is 0 Å². The van der Waals surface area contributed by atoms with Crippen molar-refractivity contribution in [2.75, 3.05) is 4.31 Å². The van der Waals surface area contributed by atoms with Gasteiger partial charge in [0.25, 0.3) is 10.0 Å². The van der Waals surface area contributed by atoms with E-state index in [0.717, 1.165) is 46.3 Å². The van der Waals surface area contributed by atoms with Crippen molar-refractivity contribution in [2.45, 2.75) is 50.5 Å². The third-order valence-electron chi connectivity index (χ3n) is 6.18. The van der Waals surface area contributed by atoms with E-state index < -0.39 is 10.0 Å². The number of sulfonamides is 1. The number of aryl methyl sites for hydroxylation is 3. The summed E-state index contributed by atoms with van der Waals surface area (Å²) in [5.74, 6) is 0.109. The molecule has 31 heavy (non-hydrogen) atoms. The summed E-state index contributed by atoms with van der Waals surface area (Å²) in [4.78, 5) is 0.321. The first kappa shape index (κ1) is 21.4. The van der Waals surface area contributed by atoms with Crippen molar-refractivity contribution in [3.63, 3.8) is 0 Å². The average molecular weight is 432 g/mol. The van der Waals surface area contributed by atoms with Gasteiger partial charge in [0.15, 0.2) is 0 Å². The minimum absolute atomic E-state index is 0.109. The van der Waals surface area contributed by atoms with Crippen LogP contribution in [0.15, 0.2) is 84.3 Å². The number of fused-ring (bicyclic) bond motifs is 1. The van der Waals surface area contributed by atoms with Crippen molar-refractivity contribution in [2.24, 2.45) is 0 Å². The quantitative estimate of drug-likeness (QED) is 0.436. The number of hydrogen-bond acceptors (Lipinski definition) is 2. The highest BCUT2D eigenvalue weighted by molar-refractivity contribution is 7.92. The first-order valence-electron chi connectivity index (χ1n) is 10.7. The summed E-state index contributed by atoms with van der Waals surface area (Å²) in [6.07, 6.45) is 3.53. The predicted molar refractivity (Wildman–Crippen MR) is 128 cm³/mol. The molecule has 0 saturated heterocycles. The number of benzene rings is 3. The van der Waals surface area contributed by atoms with Crippen molar-refractivity contribution < 1.29 is 8.42 Å². The summed E-state index contributed by atoms with van der Waals surface area (Å²) >= 11 is 0. The van der Waals surface area contributed by atoms with E-state index in [9.17, 15) is 8.42 Å². The maximum atomic E-state index is 14.1. The monoisotopic (exact) mass is 431 g/mol. The summed E-state index contributed by atoms with van der Waals surface area (Å²) < 4.78 is 29.9. The summed E-state index contributed by atoms with van der Waals surface area (Å²) in [5, 5.41) is 0. The van der Waals surface area contributed by atoms with Crippen LogP contribution in [0.2, 0.25) is 0 Å². The lowest BCUT2D eigenvalue weighted by Gasteiger charge is -2.34. The van der Waals surface area contributed by atoms with E-state index in [-0.39, 0.29) is 12.0 Å². The second-order valence-electron chi connectivity index (χ2n) is 8.48. The van der Waals surface area contributed by atoms with Gasteiger partial charge in [-0.05, 0) is 62.4 Å². The fraction of sp³-hybridized carbons (Fsp3) is 0.259. The van der Waals surface area contributed by atoms with E-state index in [1.165, 1.54) is 0 Å². The molecule has 0 radical (unpaired) electrons. The molecule has 3 aromatic rings. The second-order valence-corrected chi connectivity index (χ2v) is 10.3. The highest BCUT2D eigenvalue weighted by Gasteiger charge is 2.38. The summed E-state index contributed by atoms with van der Waals surface area (Å²) in [5.41, 5.74) is 5.99. The molecule has 0 aliphatic carbocycles. The zero-order valence-electron chi connectivity index (χ0n) is 18.4. The Morgan fingerprint density at radius 2 is 1.58 bits per heavy atom. The Bertz CT molecular complexity index is 1200. The number of allylic oxidation sites excluding steroid dienone is 1. The number of nitrogens with zero attached hydrogens (tertiary/aromatic N) is 1. The number of rotatable bonds is 4. The van der Waals surface area contributed by atoms with Crippen LogP contribution in [0.3, 0.4) is 0 Å². The molecule has 0 N–H and O–H groups in total. The Morgan fingerprint density at radius 1 is 0.903 bits per heavy atom. The molecule has 0 aromatic heterocycles. The van der Waals surface area contributed by atoms with Gasteiger partial charge in [0.1, 0.15) is 0 Å². The molecule has 160 valence electrons. The Morgan fingerprint density at radius 3 is 2.23 bits per heavy atom. The molecule has 0 fully saturated rings. The first-order valence-corrected chi connectivity index (χ1v) is 12.2. The predicted octanol–water partition coefficient (Wildman–Crippen LogP) is 6.61. The molecule has 4 rings (SSSR count). The zero-order valence-corrected chi connectivity index (χ0v) is 19.2. The number of anilines is 1. The molecule has 2 atom stereocenters. The molecule has 3 aromatic carbocycles. The Hall–Kier alpha value is -2.85. The normalized spacial score (nSPS) is 18.9. The van der Waals surface area contributed by atoms with Crippen molar-refractivity contribution >= 4 is 15.7 Å². The van der Waals surface area contributed by atoms with Gasteiger partial charge in [0.2, 0.25) is 0 Å². The topological polar surface area (TPSA) is 37.4 Å². The van der Waals surface area contributed by atoms with E-state index in [2.05, 4.69) is 25.6 Å². The van der Waals surface area contributed by atoms with Crippen LogP contribution in [0.5, 0.6) is 0 Å². The van der Waals surface area contributed by atoms with Crippen LogP contribution in [0.25, 0.3) is 0 Å². The number of hydrogen-bond donors (Lipinski definition) is 0. The summed E-state index contributed by atoms with van der Waals surface area (Å²) in [6.45, 7) is 10.1. The molecule has 0 unspecified atom stereocenters. The molecular weight excluding hydrogens is 402 g/mol. The van der Waals surface area contributed by atoms with Crippen LogP contribution in [-0.2, 0) is 10.0 Å². The Kier molecular flexibility index (Phi) is 5.76. The fourth-order valence-corrected chi connectivity index (χ4v) is 6.44. The molecule has 0 saturated carbocycles. The van der Waals surface area contributed by atoms with Crippen LogP contribution in [0, 0.1) is 20.8 Å². The van der Waals surface area contributed by atoms with Crippen molar-refractivity contribution in [3.8, 4) is 0 Å². The second kappa shape index (κ2) is 8.35. The molecule has 1 aliphatic rings. The van der Waals surface area contributed by atoms with Gasteiger partial charge in [0, 0.05) is 5.92 Å². The smallest absolute Gasteiger partial charge is 0.258 e. The van der Waals surface area contributed by atoms with Crippen molar-refractivity contribution in [3.05, 3.63) is 107 Å². The van der Waals surface area contributed by atoms with Gasteiger partial charge in [-0.3, -0.25) is 4.31 Å². The lowest BCUT2D eigenvalue weighted by Crippen LogP contribution is -2.35. The largest absolute Gasteiger partial charge is 0.264 e. The summed E-state index contributed by atoms with van der Waals surface area (Å²) in [6, 6.07) is 21.0. The van der Waals surface area contributed by atoms with Crippen molar-refractivity contribution in [1.82, 2.24) is 0 Å². The van der Waals surface area contributed by atoms with Gasteiger partial charge >= 0.3 is 0 Å². The van der Waals surface area contributed by atoms with E-state index >= 15 is 0 Å². The van der Waals surface area contributed by atoms with Gasteiger partial charge in [-0.15, -0.1) is 6.58 Å². The molecule has 3 nitrogen and oxygen atoms in total. The van der Waals surface area contributed by atoms with E-state index in [1.54, 1.807) is 16.4 Å². The van der Waals surface area contributed by atoms with Crippen molar-refractivity contribution in [1.29, 1.82) is 0 Å². The minimum atomic E-state index is -3.78. The first-order chi connectivity index (χ1) is 14.8. The van der Waals surface area contributed by atoms with Gasteiger partial charge in [0.05, 0.1) is 16.6 Å². The van der Waals surface area contributed by atoms with Crippen LogP contribution in [-0.4, -0.2) is 8.42 Å². The average Bonchev–Trinajstić information content (AvgIpc) is 2.92. The minimum Gasteiger partial charge on any atom is -0.258 e. The van der Waals surface area contributed by atoms with Crippen LogP contribution < -0.4 is 4.31 Å². The molecule has 4 heteroatoms. The van der Waals surface area contributed by atoms with Gasteiger partial charge in [-0.2, -0.15) is 0 Å². The maximum Gasteiger partial charge on any atom is 0.264 e. The molecule has 0 spiro atoms. The molecule has 0 bridgehead atoms. The van der Waals surface area contributed by atoms with Gasteiger partial charge in [-0.1, -0.05) is 71.8 Å². The zero-order chi connectivity index (χ0) is 22.2. The SMILES string of the molecule is C=C[C@@H]1CC[C@@H](c2ccccc2)N(S(=O)(=O)c2ccc(C)cc2)c2c(C)cc(C)cc21. The van der Waals surface area contributed by atoms with Crippen LogP contribution >= 0.6 is 0 Å². The lowest BCUT2D eigenvalue weighted by molar-refractivity contribution is 0.560. The third kappa shape index (κ3) is 3.92. The lowest BCUT2D eigenvalue weighted by atomic mass is 9.90. The molecule has 1 heterocycles. The third-order valence-corrected chi connectivity index (χ3v) is 8.00. The van der Waals surface area contributed by atoms with E-state index in [1.807, 2.05) is 62.4 Å². The fourth-order valence-electron chi connectivity index (χ4n) is 4.68. The van der Waals surface area contributed by atoms with Crippen LogP contribution in [0.4, 0.5) is 5.69 Å². The maximum absolute atomic E-state index is 14.1. The molecular formula is C27H29NO2S. The van der Waals surface area contributed by atoms with Crippen LogP contribution in [0.1, 0.15) is 52.6 Å². The van der Waals surface area contributed by atoms with E-state index in [0.29, 0.717) is 4.90 Å². The molecule has 0 amide bonds.